The van der Waals surface area contributed by atoms with Gasteiger partial charge in [-0.1, -0.05) is 11.6 Å². The molecule has 2 aromatic carbocycles. The molecule has 1 aliphatic rings. The summed E-state index contributed by atoms with van der Waals surface area (Å²) in [5.74, 6) is -1.07. The number of nitrogens with zero attached hydrogens (tertiary/aromatic N) is 2. The van der Waals surface area contributed by atoms with E-state index in [2.05, 4.69) is 10.6 Å². The van der Waals surface area contributed by atoms with E-state index in [0.29, 0.717) is 42.5 Å². The number of carbonyl (C=O) groups excluding carboxylic acids is 3. The van der Waals surface area contributed by atoms with Gasteiger partial charge in [0.25, 0.3) is 5.91 Å². The molecule has 1 saturated heterocycles. The van der Waals surface area contributed by atoms with Gasteiger partial charge in [0.2, 0.25) is 11.8 Å². The van der Waals surface area contributed by atoms with Crippen molar-refractivity contribution in [1.29, 1.82) is 0 Å². The van der Waals surface area contributed by atoms with E-state index < -0.39 is 6.04 Å². The van der Waals surface area contributed by atoms with E-state index in [1.54, 1.807) is 36.1 Å². The van der Waals surface area contributed by atoms with E-state index in [9.17, 15) is 18.8 Å². The van der Waals surface area contributed by atoms with Crippen LogP contribution in [-0.4, -0.2) is 66.3 Å². The molecule has 0 spiro atoms. The molecule has 0 aromatic heterocycles. The fourth-order valence-corrected chi connectivity index (χ4v) is 3.41. The molecule has 164 valence electrons. The van der Waals surface area contributed by atoms with Gasteiger partial charge in [-0.25, -0.2) is 4.39 Å². The Hall–Kier alpha value is -2.97. The van der Waals surface area contributed by atoms with Crippen molar-refractivity contribution in [2.24, 2.45) is 0 Å². The summed E-state index contributed by atoms with van der Waals surface area (Å²) in [7, 11) is 0. The van der Waals surface area contributed by atoms with Gasteiger partial charge >= 0.3 is 0 Å². The molecule has 2 aromatic rings. The maximum absolute atomic E-state index is 12.9. The Balaban J connectivity index is 1.43. The Kier molecular flexibility index (Phi) is 7.59. The van der Waals surface area contributed by atoms with Crippen LogP contribution in [0.5, 0.6) is 0 Å². The standard InChI is InChI=1S/C22H24ClFN4O3/c1-15(25-21(30)16-2-4-17(23)5-3-16)22(31)28-12-10-27(11-13-28)14-20(29)26-19-8-6-18(24)7-9-19/h2-9,15H,10-14H2,1H3,(H,25,30)(H,26,29)/t15-/m1/s1. The van der Waals surface area contributed by atoms with Crippen LogP contribution in [0.15, 0.2) is 48.5 Å². The largest absolute Gasteiger partial charge is 0.341 e. The first-order chi connectivity index (χ1) is 14.8. The number of amides is 3. The highest BCUT2D eigenvalue weighted by Crippen LogP contribution is 2.11. The van der Waals surface area contributed by atoms with Crippen LogP contribution in [0.4, 0.5) is 10.1 Å². The third kappa shape index (κ3) is 6.50. The zero-order valence-electron chi connectivity index (χ0n) is 17.1. The second-order valence-corrected chi connectivity index (χ2v) is 7.79. The van der Waals surface area contributed by atoms with E-state index in [0.717, 1.165) is 0 Å². The molecule has 1 heterocycles. The van der Waals surface area contributed by atoms with Gasteiger partial charge in [-0.15, -0.1) is 0 Å². The van der Waals surface area contributed by atoms with E-state index >= 15 is 0 Å². The first kappa shape index (κ1) is 22.7. The Morgan fingerprint density at radius 1 is 1.00 bits per heavy atom. The zero-order valence-corrected chi connectivity index (χ0v) is 17.9. The minimum Gasteiger partial charge on any atom is -0.341 e. The Morgan fingerprint density at radius 3 is 2.23 bits per heavy atom. The van der Waals surface area contributed by atoms with Crippen molar-refractivity contribution >= 4 is 35.0 Å². The van der Waals surface area contributed by atoms with Crippen LogP contribution in [0.2, 0.25) is 5.02 Å². The number of anilines is 1. The molecule has 3 amide bonds. The minimum absolute atomic E-state index is 0.169. The Bertz CT molecular complexity index is 929. The first-order valence-electron chi connectivity index (χ1n) is 9.95. The number of carbonyl (C=O) groups is 3. The summed E-state index contributed by atoms with van der Waals surface area (Å²) >= 11 is 5.83. The average Bonchev–Trinajstić information content (AvgIpc) is 2.75. The zero-order chi connectivity index (χ0) is 22.4. The van der Waals surface area contributed by atoms with Gasteiger partial charge in [-0.3, -0.25) is 19.3 Å². The Labute approximate surface area is 185 Å². The van der Waals surface area contributed by atoms with Gasteiger partial charge in [0.1, 0.15) is 11.9 Å². The van der Waals surface area contributed by atoms with Gasteiger partial charge in [0.15, 0.2) is 0 Å². The van der Waals surface area contributed by atoms with E-state index in [-0.39, 0.29) is 30.1 Å². The Morgan fingerprint density at radius 2 is 1.61 bits per heavy atom. The fraction of sp³-hybridized carbons (Fsp3) is 0.318. The topological polar surface area (TPSA) is 81.8 Å². The maximum atomic E-state index is 12.9. The van der Waals surface area contributed by atoms with Crippen molar-refractivity contribution in [1.82, 2.24) is 15.1 Å². The van der Waals surface area contributed by atoms with Crippen LogP contribution < -0.4 is 10.6 Å². The molecule has 1 aliphatic heterocycles. The van der Waals surface area contributed by atoms with Gasteiger partial charge in [-0.2, -0.15) is 0 Å². The molecule has 0 bridgehead atoms. The maximum Gasteiger partial charge on any atom is 0.251 e. The van der Waals surface area contributed by atoms with Gasteiger partial charge in [0, 0.05) is 42.5 Å². The predicted octanol–water partition coefficient (Wildman–Crippen LogP) is 2.38. The number of hydrogen-bond donors (Lipinski definition) is 2. The molecule has 2 N–H and O–H groups in total. The smallest absolute Gasteiger partial charge is 0.251 e. The number of halogens is 2. The molecule has 0 unspecified atom stereocenters. The van der Waals surface area contributed by atoms with Crippen LogP contribution in [0.1, 0.15) is 17.3 Å². The van der Waals surface area contributed by atoms with E-state index in [4.69, 9.17) is 11.6 Å². The molecule has 3 rings (SSSR count). The highest BCUT2D eigenvalue weighted by molar-refractivity contribution is 6.30. The number of hydrogen-bond acceptors (Lipinski definition) is 4. The van der Waals surface area contributed by atoms with Gasteiger partial charge in [0.05, 0.1) is 6.54 Å². The molecule has 0 aliphatic carbocycles. The predicted molar refractivity (Wildman–Crippen MR) is 116 cm³/mol. The minimum atomic E-state index is -0.670. The highest BCUT2D eigenvalue weighted by atomic mass is 35.5. The number of rotatable bonds is 6. The molecular formula is C22H24ClFN4O3. The van der Waals surface area contributed by atoms with E-state index in [1.165, 1.54) is 24.3 Å². The normalized spacial score (nSPS) is 15.3. The lowest BCUT2D eigenvalue weighted by atomic mass is 10.2. The number of piperazine rings is 1. The first-order valence-corrected chi connectivity index (χ1v) is 10.3. The molecule has 0 radical (unpaired) electrons. The average molecular weight is 447 g/mol. The molecular weight excluding hydrogens is 423 g/mol. The van der Waals surface area contributed by atoms with Crippen molar-refractivity contribution in [2.45, 2.75) is 13.0 Å². The second kappa shape index (κ2) is 10.4. The molecule has 1 fully saturated rings. The summed E-state index contributed by atoms with van der Waals surface area (Å²) in [6.07, 6.45) is 0. The number of benzene rings is 2. The summed E-state index contributed by atoms with van der Waals surface area (Å²) in [4.78, 5) is 40.8. The van der Waals surface area contributed by atoms with Crippen LogP contribution in [-0.2, 0) is 9.59 Å². The SMILES string of the molecule is C[C@@H](NC(=O)c1ccc(Cl)cc1)C(=O)N1CCN(CC(=O)Nc2ccc(F)cc2)CC1. The van der Waals surface area contributed by atoms with Crippen molar-refractivity contribution < 1.29 is 18.8 Å². The number of nitrogens with one attached hydrogen (secondary N) is 2. The summed E-state index contributed by atoms with van der Waals surface area (Å²) in [6.45, 7) is 3.84. The molecule has 1 atom stereocenters. The lowest BCUT2D eigenvalue weighted by Gasteiger charge is -2.35. The third-order valence-electron chi connectivity index (χ3n) is 5.00. The third-order valence-corrected chi connectivity index (χ3v) is 5.26. The summed E-state index contributed by atoms with van der Waals surface area (Å²) < 4.78 is 12.9. The quantitative estimate of drug-likeness (QED) is 0.713. The summed E-state index contributed by atoms with van der Waals surface area (Å²) in [5.41, 5.74) is 0.964. The summed E-state index contributed by atoms with van der Waals surface area (Å²) in [6, 6.07) is 11.3. The van der Waals surface area contributed by atoms with Crippen molar-refractivity contribution in [3.05, 3.63) is 64.9 Å². The van der Waals surface area contributed by atoms with Gasteiger partial charge < -0.3 is 15.5 Å². The van der Waals surface area contributed by atoms with Crippen LogP contribution in [0.3, 0.4) is 0 Å². The lowest BCUT2D eigenvalue weighted by molar-refractivity contribution is -0.134. The van der Waals surface area contributed by atoms with Crippen molar-refractivity contribution in [3.8, 4) is 0 Å². The van der Waals surface area contributed by atoms with E-state index in [1.807, 2.05) is 4.90 Å². The molecule has 0 saturated carbocycles. The second-order valence-electron chi connectivity index (χ2n) is 7.36. The van der Waals surface area contributed by atoms with Crippen molar-refractivity contribution in [3.63, 3.8) is 0 Å². The molecule has 31 heavy (non-hydrogen) atoms. The molecule has 7 nitrogen and oxygen atoms in total. The van der Waals surface area contributed by atoms with Crippen molar-refractivity contribution in [2.75, 3.05) is 38.0 Å². The van der Waals surface area contributed by atoms with Crippen LogP contribution in [0.25, 0.3) is 0 Å². The monoisotopic (exact) mass is 446 g/mol. The summed E-state index contributed by atoms with van der Waals surface area (Å²) in [5, 5.41) is 5.97. The van der Waals surface area contributed by atoms with Crippen LogP contribution >= 0.6 is 11.6 Å². The van der Waals surface area contributed by atoms with Gasteiger partial charge in [-0.05, 0) is 55.5 Å². The molecule has 9 heteroatoms. The lowest BCUT2D eigenvalue weighted by Crippen LogP contribution is -2.55. The van der Waals surface area contributed by atoms with Crippen LogP contribution in [0, 0.1) is 5.82 Å². The highest BCUT2D eigenvalue weighted by Gasteiger charge is 2.26. The fourth-order valence-electron chi connectivity index (χ4n) is 3.28.